The first-order valence-electron chi connectivity index (χ1n) is 9.58. The van der Waals surface area contributed by atoms with E-state index >= 15 is 4.39 Å². The minimum atomic E-state index is -0.926. The van der Waals surface area contributed by atoms with Gasteiger partial charge in [-0.05, 0) is 53.5 Å². The summed E-state index contributed by atoms with van der Waals surface area (Å²) < 4.78 is 37.3. The Balaban J connectivity index is 1.77. The Morgan fingerprint density at radius 2 is 2.09 bits per heavy atom. The van der Waals surface area contributed by atoms with Crippen LogP contribution in [0.15, 0.2) is 64.2 Å². The number of anilines is 1. The number of amides is 1. The van der Waals surface area contributed by atoms with Crippen LogP contribution in [0.5, 0.6) is 0 Å². The maximum atomic E-state index is 15.5. The van der Waals surface area contributed by atoms with Crippen LogP contribution in [0.4, 0.5) is 14.5 Å². The molecule has 7 nitrogen and oxygen atoms in total. The smallest absolute Gasteiger partial charge is 0.277 e. The Kier molecular flexibility index (Phi) is 5.88. The number of nitrogens with one attached hydrogen (secondary N) is 1. The van der Waals surface area contributed by atoms with Crippen molar-refractivity contribution in [3.63, 3.8) is 0 Å². The van der Waals surface area contributed by atoms with Crippen molar-refractivity contribution in [2.45, 2.75) is 18.8 Å². The van der Waals surface area contributed by atoms with Gasteiger partial charge in [0.25, 0.3) is 5.91 Å². The summed E-state index contributed by atoms with van der Waals surface area (Å²) >= 11 is 3.51. The monoisotopic (exact) mass is 501 g/mol. The van der Waals surface area contributed by atoms with Crippen molar-refractivity contribution in [2.24, 2.45) is 7.05 Å². The highest BCUT2D eigenvalue weighted by molar-refractivity contribution is 9.10. The van der Waals surface area contributed by atoms with Gasteiger partial charge in [0, 0.05) is 46.5 Å². The molecule has 0 spiro atoms. The fourth-order valence-corrected chi connectivity index (χ4v) is 4.24. The number of pyridine rings is 1. The molecule has 1 unspecified atom stereocenters. The molecule has 1 aromatic carbocycles. The summed E-state index contributed by atoms with van der Waals surface area (Å²) in [6.07, 6.45) is 6.21. The van der Waals surface area contributed by atoms with E-state index in [0.717, 1.165) is 11.6 Å². The van der Waals surface area contributed by atoms with Crippen LogP contribution in [-0.2, 0) is 18.9 Å². The normalized spacial score (nSPS) is 13.0. The topological polar surface area (TPSA) is 85.8 Å². The molecule has 1 N–H and O–H groups in total. The van der Waals surface area contributed by atoms with Crippen LogP contribution in [-0.4, -0.2) is 25.8 Å². The number of hydrogen-bond acceptors (Lipinski definition) is 5. The molecule has 0 bridgehead atoms. The van der Waals surface area contributed by atoms with Crippen molar-refractivity contribution in [1.82, 2.24) is 19.9 Å². The molecule has 0 radical (unpaired) electrons. The van der Waals surface area contributed by atoms with E-state index < -0.39 is 23.0 Å². The van der Waals surface area contributed by atoms with Gasteiger partial charge in [-0.15, -0.1) is 0 Å². The molecule has 0 saturated carbocycles. The number of aromatic nitrogens is 4. The van der Waals surface area contributed by atoms with Gasteiger partial charge in [-0.1, -0.05) is 5.16 Å². The molecular formula is C22H18BrF2N5O2. The van der Waals surface area contributed by atoms with Crippen LogP contribution in [0.3, 0.4) is 0 Å². The molecule has 10 heteroatoms. The zero-order valence-electron chi connectivity index (χ0n) is 17.1. The highest BCUT2D eigenvalue weighted by Crippen LogP contribution is 2.39. The van der Waals surface area contributed by atoms with E-state index in [4.69, 9.17) is 0 Å². The van der Waals surface area contributed by atoms with Gasteiger partial charge in [0.05, 0.1) is 17.6 Å². The summed E-state index contributed by atoms with van der Waals surface area (Å²) in [5, 5.41) is 10.2. The number of rotatable bonds is 6. The summed E-state index contributed by atoms with van der Waals surface area (Å²) in [4.78, 5) is 16.8. The minimum Gasteiger partial charge on any atom is -0.364 e. The molecule has 3 heterocycles. The van der Waals surface area contributed by atoms with E-state index in [1.165, 1.54) is 18.4 Å². The summed E-state index contributed by atoms with van der Waals surface area (Å²) in [6, 6.07) is 7.21. The van der Waals surface area contributed by atoms with Gasteiger partial charge in [0.1, 0.15) is 12.1 Å². The molecule has 1 atom stereocenters. The van der Waals surface area contributed by atoms with Gasteiger partial charge in [-0.2, -0.15) is 5.10 Å². The van der Waals surface area contributed by atoms with Crippen molar-refractivity contribution in [3.05, 3.63) is 93.8 Å². The van der Waals surface area contributed by atoms with Gasteiger partial charge in [-0.3, -0.25) is 14.5 Å². The zero-order chi connectivity index (χ0) is 22.9. The molecule has 32 heavy (non-hydrogen) atoms. The second-order valence-electron chi connectivity index (χ2n) is 7.47. The molecule has 4 aromatic rings. The van der Waals surface area contributed by atoms with E-state index in [2.05, 4.69) is 41.0 Å². The molecule has 0 saturated heterocycles. The van der Waals surface area contributed by atoms with Gasteiger partial charge in [0.15, 0.2) is 11.5 Å². The van der Waals surface area contributed by atoms with Gasteiger partial charge < -0.3 is 9.84 Å². The van der Waals surface area contributed by atoms with E-state index in [1.54, 1.807) is 36.4 Å². The quantitative estimate of drug-likeness (QED) is 0.415. The van der Waals surface area contributed by atoms with E-state index in [1.807, 2.05) is 13.0 Å². The summed E-state index contributed by atoms with van der Waals surface area (Å²) in [7, 11) is 1.76. The Morgan fingerprint density at radius 1 is 1.28 bits per heavy atom. The first kappa shape index (κ1) is 21.8. The zero-order valence-corrected chi connectivity index (χ0v) is 18.7. The lowest BCUT2D eigenvalue weighted by atomic mass is 9.75. The third kappa shape index (κ3) is 4.05. The lowest BCUT2D eigenvalue weighted by Gasteiger charge is -2.30. The van der Waals surface area contributed by atoms with E-state index in [9.17, 15) is 9.18 Å². The average Bonchev–Trinajstić information content (AvgIpc) is 3.46. The predicted molar refractivity (Wildman–Crippen MR) is 116 cm³/mol. The predicted octanol–water partition coefficient (Wildman–Crippen LogP) is 4.64. The van der Waals surface area contributed by atoms with Crippen LogP contribution in [0.1, 0.15) is 34.2 Å². The molecule has 0 aliphatic carbocycles. The fraction of sp³-hybridized carbons (Fsp3) is 0.182. The number of carbonyl (C=O) groups excluding carboxylic acids is 1. The standard InChI is InChI=1S/C22H18BrF2N5O2/c1-22(13-11-27-30(2)12-13,20-15(23)4-3-8-26-20)10-14-16(24)5-6-17(19(14)25)28-21(31)18-7-9-32-29-18/h3-9,11-12H,10H2,1-2H3,(H,28,31). The Labute approximate surface area is 190 Å². The molecule has 1 amide bonds. The van der Waals surface area contributed by atoms with Crippen molar-refractivity contribution < 1.29 is 18.1 Å². The average molecular weight is 502 g/mol. The number of aryl methyl sites for hydroxylation is 1. The first-order valence-corrected chi connectivity index (χ1v) is 10.4. The van der Waals surface area contributed by atoms with Gasteiger partial charge in [0.2, 0.25) is 0 Å². The third-order valence-corrected chi connectivity index (χ3v) is 5.90. The molecule has 0 aliphatic heterocycles. The summed E-state index contributed by atoms with van der Waals surface area (Å²) in [5.74, 6) is -2.27. The van der Waals surface area contributed by atoms with E-state index in [-0.39, 0.29) is 23.4 Å². The Bertz CT molecular complexity index is 1280. The number of benzene rings is 1. The fourth-order valence-electron chi connectivity index (χ4n) is 3.55. The van der Waals surface area contributed by atoms with Gasteiger partial charge >= 0.3 is 0 Å². The summed E-state index contributed by atoms with van der Waals surface area (Å²) in [5.41, 5.74) is 0.0342. The largest absolute Gasteiger partial charge is 0.364 e. The minimum absolute atomic E-state index is 0.0205. The maximum absolute atomic E-state index is 15.5. The third-order valence-electron chi connectivity index (χ3n) is 5.26. The van der Waals surface area contributed by atoms with Crippen LogP contribution < -0.4 is 5.32 Å². The number of carbonyl (C=O) groups is 1. The lowest BCUT2D eigenvalue weighted by Crippen LogP contribution is -2.29. The number of hydrogen-bond donors (Lipinski definition) is 1. The number of nitrogens with zero attached hydrogens (tertiary/aromatic N) is 4. The molecule has 0 fully saturated rings. The molecule has 4 rings (SSSR count). The maximum Gasteiger partial charge on any atom is 0.277 e. The number of halogens is 3. The van der Waals surface area contributed by atoms with Crippen molar-refractivity contribution in [3.8, 4) is 0 Å². The van der Waals surface area contributed by atoms with Gasteiger partial charge in [-0.25, -0.2) is 8.78 Å². The summed E-state index contributed by atoms with van der Waals surface area (Å²) in [6.45, 7) is 1.84. The molecular weight excluding hydrogens is 484 g/mol. The van der Waals surface area contributed by atoms with Crippen LogP contribution >= 0.6 is 15.9 Å². The van der Waals surface area contributed by atoms with Crippen LogP contribution in [0.25, 0.3) is 0 Å². The van der Waals surface area contributed by atoms with Crippen molar-refractivity contribution in [1.29, 1.82) is 0 Å². The Hall–Kier alpha value is -3.40. The first-order chi connectivity index (χ1) is 15.3. The lowest BCUT2D eigenvalue weighted by molar-refractivity contribution is 0.101. The van der Waals surface area contributed by atoms with Crippen molar-refractivity contribution in [2.75, 3.05) is 5.32 Å². The van der Waals surface area contributed by atoms with E-state index in [0.29, 0.717) is 10.2 Å². The van der Waals surface area contributed by atoms with Crippen LogP contribution in [0.2, 0.25) is 0 Å². The highest BCUT2D eigenvalue weighted by Gasteiger charge is 2.36. The van der Waals surface area contributed by atoms with Crippen LogP contribution in [0, 0.1) is 11.6 Å². The second kappa shape index (κ2) is 8.62. The van der Waals surface area contributed by atoms with Crippen molar-refractivity contribution >= 4 is 27.5 Å². The molecule has 3 aromatic heterocycles. The second-order valence-corrected chi connectivity index (χ2v) is 8.33. The molecule has 164 valence electrons. The highest BCUT2D eigenvalue weighted by atomic mass is 79.9. The SMILES string of the molecule is Cn1cc(C(C)(Cc2c(F)ccc(NC(=O)c3ccon3)c2F)c2ncccc2Br)cn1. The molecule has 0 aliphatic rings. The Morgan fingerprint density at radius 3 is 2.75 bits per heavy atom.